The van der Waals surface area contributed by atoms with Gasteiger partial charge in [0.25, 0.3) is 0 Å². The van der Waals surface area contributed by atoms with Gasteiger partial charge in [-0.1, -0.05) is 32.6 Å². The van der Waals surface area contributed by atoms with Crippen molar-refractivity contribution >= 4 is 0 Å². The molecule has 0 aromatic heterocycles. The van der Waals surface area contributed by atoms with E-state index in [9.17, 15) is 10.2 Å². The van der Waals surface area contributed by atoms with Gasteiger partial charge < -0.3 is 10.2 Å². The van der Waals surface area contributed by atoms with Crippen LogP contribution >= 0.6 is 0 Å². The number of aliphatic hydroxyl groups is 2. The predicted octanol–water partition coefficient (Wildman–Crippen LogP) is 3.87. The highest BCUT2D eigenvalue weighted by Gasteiger charge is 2.25. The predicted molar refractivity (Wildman–Crippen MR) is 67.4 cm³/mol. The lowest BCUT2D eigenvalue weighted by molar-refractivity contribution is 0.0511. The Balaban J connectivity index is 2.41. The molecule has 1 rings (SSSR count). The van der Waals surface area contributed by atoms with Gasteiger partial charge in [0.15, 0.2) is 0 Å². The molecule has 2 heteroatoms. The van der Waals surface area contributed by atoms with Crippen molar-refractivity contribution in [2.45, 2.75) is 63.9 Å². The monoisotopic (exact) mass is 224 g/mol. The Morgan fingerprint density at radius 1 is 1.25 bits per heavy atom. The summed E-state index contributed by atoms with van der Waals surface area (Å²) in [5.41, 5.74) is -0.676. The molecule has 0 heterocycles. The zero-order chi connectivity index (χ0) is 11.9. The normalized spacial score (nSPS) is 21.5. The fourth-order valence-electron chi connectivity index (χ4n) is 2.09. The van der Waals surface area contributed by atoms with E-state index >= 15 is 0 Å². The largest absolute Gasteiger partial charge is 0.508 e. The molecule has 0 radical (unpaired) electrons. The quantitative estimate of drug-likeness (QED) is 0.423. The molecule has 0 saturated heterocycles. The van der Waals surface area contributed by atoms with Gasteiger partial charge in [-0.3, -0.25) is 0 Å². The zero-order valence-corrected chi connectivity index (χ0v) is 10.3. The van der Waals surface area contributed by atoms with Crippen molar-refractivity contribution in [2.24, 2.45) is 0 Å². The average Bonchev–Trinajstić information content (AvgIpc) is 2.28. The molecule has 92 valence electrons. The van der Waals surface area contributed by atoms with Crippen molar-refractivity contribution in [2.75, 3.05) is 0 Å². The molecular formula is C14H24O2. The molecule has 0 bridgehead atoms. The maximum absolute atomic E-state index is 10.2. The van der Waals surface area contributed by atoms with Gasteiger partial charge in [0.2, 0.25) is 0 Å². The highest BCUT2D eigenvalue weighted by Crippen LogP contribution is 2.29. The minimum absolute atomic E-state index is 0.285. The van der Waals surface area contributed by atoms with E-state index in [0.29, 0.717) is 0 Å². The van der Waals surface area contributed by atoms with Crippen LogP contribution in [0.25, 0.3) is 0 Å². The highest BCUT2D eigenvalue weighted by atomic mass is 16.3. The second kappa shape index (κ2) is 6.74. The van der Waals surface area contributed by atoms with E-state index in [1.54, 1.807) is 12.2 Å². The number of rotatable bonds is 5. The molecule has 0 aliphatic heterocycles. The SMILES string of the molecule is CCCC/C=C(O)\C=C\C1(O)CCCCC1. The van der Waals surface area contributed by atoms with Crippen LogP contribution in [0.15, 0.2) is 24.0 Å². The van der Waals surface area contributed by atoms with Crippen LogP contribution in [0.3, 0.4) is 0 Å². The first-order chi connectivity index (χ1) is 7.66. The molecular weight excluding hydrogens is 200 g/mol. The maximum Gasteiger partial charge on any atom is 0.111 e. The Bertz CT molecular complexity index is 247. The van der Waals surface area contributed by atoms with Gasteiger partial charge >= 0.3 is 0 Å². The van der Waals surface area contributed by atoms with Crippen molar-refractivity contribution in [3.8, 4) is 0 Å². The molecule has 16 heavy (non-hydrogen) atoms. The van der Waals surface area contributed by atoms with E-state index in [1.165, 1.54) is 6.42 Å². The van der Waals surface area contributed by atoms with Gasteiger partial charge in [-0.05, 0) is 43.9 Å². The molecule has 0 unspecified atom stereocenters. The van der Waals surface area contributed by atoms with Gasteiger partial charge in [-0.25, -0.2) is 0 Å². The molecule has 0 spiro atoms. The third-order valence-electron chi connectivity index (χ3n) is 3.19. The van der Waals surface area contributed by atoms with Crippen LogP contribution in [-0.2, 0) is 0 Å². The van der Waals surface area contributed by atoms with Crippen molar-refractivity contribution < 1.29 is 10.2 Å². The van der Waals surface area contributed by atoms with Crippen LogP contribution in [-0.4, -0.2) is 15.8 Å². The number of unbranched alkanes of at least 4 members (excludes halogenated alkanes) is 2. The van der Waals surface area contributed by atoms with Gasteiger partial charge in [0, 0.05) is 0 Å². The summed E-state index contributed by atoms with van der Waals surface area (Å²) in [7, 11) is 0. The Morgan fingerprint density at radius 2 is 1.94 bits per heavy atom. The first-order valence-electron chi connectivity index (χ1n) is 6.47. The zero-order valence-electron chi connectivity index (χ0n) is 10.3. The summed E-state index contributed by atoms with van der Waals surface area (Å²) in [6.45, 7) is 2.13. The third-order valence-corrected chi connectivity index (χ3v) is 3.19. The van der Waals surface area contributed by atoms with Crippen LogP contribution in [0.1, 0.15) is 58.3 Å². The van der Waals surface area contributed by atoms with E-state index in [-0.39, 0.29) is 5.76 Å². The summed E-state index contributed by atoms with van der Waals surface area (Å²) >= 11 is 0. The summed E-state index contributed by atoms with van der Waals surface area (Å²) in [6.07, 6.45) is 13.4. The summed E-state index contributed by atoms with van der Waals surface area (Å²) in [5, 5.41) is 19.8. The Hall–Kier alpha value is -0.760. The molecule has 1 saturated carbocycles. The lowest BCUT2D eigenvalue weighted by Crippen LogP contribution is -2.28. The molecule has 2 nitrogen and oxygen atoms in total. The maximum atomic E-state index is 10.2. The van der Waals surface area contributed by atoms with Crippen LogP contribution in [0.4, 0.5) is 0 Å². The summed E-state index contributed by atoms with van der Waals surface area (Å²) in [5.74, 6) is 0.285. The number of aliphatic hydroxyl groups excluding tert-OH is 1. The van der Waals surface area contributed by atoms with Crippen molar-refractivity contribution in [1.82, 2.24) is 0 Å². The van der Waals surface area contributed by atoms with Gasteiger partial charge in [-0.15, -0.1) is 0 Å². The molecule has 0 aromatic rings. The molecule has 0 atom stereocenters. The summed E-state index contributed by atoms with van der Waals surface area (Å²) in [6, 6.07) is 0. The molecule has 1 aliphatic rings. The lowest BCUT2D eigenvalue weighted by atomic mass is 9.84. The van der Waals surface area contributed by atoms with Gasteiger partial charge in [0.1, 0.15) is 5.76 Å². The van der Waals surface area contributed by atoms with E-state index in [2.05, 4.69) is 6.92 Å². The third kappa shape index (κ3) is 4.84. The Labute approximate surface area is 98.7 Å². The number of hydrogen-bond donors (Lipinski definition) is 2. The molecule has 0 amide bonds. The topological polar surface area (TPSA) is 40.5 Å². The number of hydrogen-bond acceptors (Lipinski definition) is 2. The number of allylic oxidation sites excluding steroid dienone is 2. The first kappa shape index (κ1) is 13.3. The first-order valence-corrected chi connectivity index (χ1v) is 6.47. The molecule has 1 fully saturated rings. The van der Waals surface area contributed by atoms with Crippen molar-refractivity contribution in [3.63, 3.8) is 0 Å². The standard InChI is InChI=1S/C14H24O2/c1-2-3-5-8-13(15)9-12-14(16)10-6-4-7-11-14/h8-9,12,15-16H,2-7,10-11H2,1H3/b12-9+,13-8+. The van der Waals surface area contributed by atoms with Crippen LogP contribution < -0.4 is 0 Å². The van der Waals surface area contributed by atoms with E-state index in [1.807, 2.05) is 6.08 Å². The minimum atomic E-state index is -0.676. The van der Waals surface area contributed by atoms with E-state index in [4.69, 9.17) is 0 Å². The van der Waals surface area contributed by atoms with Crippen LogP contribution in [0.2, 0.25) is 0 Å². The Morgan fingerprint density at radius 3 is 2.56 bits per heavy atom. The highest BCUT2D eigenvalue weighted by molar-refractivity contribution is 5.15. The minimum Gasteiger partial charge on any atom is -0.508 e. The Kier molecular flexibility index (Phi) is 5.61. The second-order valence-corrected chi connectivity index (χ2v) is 4.77. The van der Waals surface area contributed by atoms with E-state index < -0.39 is 5.60 Å². The fraction of sp³-hybridized carbons (Fsp3) is 0.714. The molecule has 0 aromatic carbocycles. The van der Waals surface area contributed by atoms with Crippen LogP contribution in [0.5, 0.6) is 0 Å². The molecule has 1 aliphatic carbocycles. The summed E-state index contributed by atoms with van der Waals surface area (Å²) < 4.78 is 0. The lowest BCUT2D eigenvalue weighted by Gasteiger charge is -2.28. The second-order valence-electron chi connectivity index (χ2n) is 4.77. The summed E-state index contributed by atoms with van der Waals surface area (Å²) in [4.78, 5) is 0. The van der Waals surface area contributed by atoms with E-state index in [0.717, 1.165) is 44.9 Å². The smallest absolute Gasteiger partial charge is 0.111 e. The van der Waals surface area contributed by atoms with Crippen LogP contribution in [0, 0.1) is 0 Å². The van der Waals surface area contributed by atoms with Gasteiger partial charge in [-0.2, -0.15) is 0 Å². The van der Waals surface area contributed by atoms with Gasteiger partial charge in [0.05, 0.1) is 5.60 Å². The fourth-order valence-corrected chi connectivity index (χ4v) is 2.09. The average molecular weight is 224 g/mol. The van der Waals surface area contributed by atoms with Crippen molar-refractivity contribution in [3.05, 3.63) is 24.0 Å². The molecule has 2 N–H and O–H groups in total. The van der Waals surface area contributed by atoms with Crippen molar-refractivity contribution in [1.29, 1.82) is 0 Å².